The van der Waals surface area contributed by atoms with Crippen LogP contribution >= 0.6 is 0 Å². The molecule has 0 radical (unpaired) electrons. The maximum atomic E-state index is 13.4. The van der Waals surface area contributed by atoms with E-state index in [0.717, 1.165) is 58.0 Å². The highest BCUT2D eigenvalue weighted by Crippen LogP contribution is 2.41. The second-order valence-corrected chi connectivity index (χ2v) is 7.70. The molecule has 0 bridgehead atoms. The lowest BCUT2D eigenvalue weighted by molar-refractivity contribution is -0.137. The first kappa shape index (κ1) is 19.9. The minimum atomic E-state index is -0.615. The topological polar surface area (TPSA) is 49.9 Å². The zero-order chi connectivity index (χ0) is 19.3. The minimum Gasteiger partial charge on any atom is -0.353 e. The van der Waals surface area contributed by atoms with Crippen molar-refractivity contribution < 1.29 is 14.3 Å². The molecule has 1 heterocycles. The zero-order valence-corrected chi connectivity index (χ0v) is 16.7. The van der Waals surface area contributed by atoms with Crippen molar-refractivity contribution in [3.05, 3.63) is 35.9 Å². The quantitative estimate of drug-likeness (QED) is 0.762. The Morgan fingerprint density at radius 1 is 1.07 bits per heavy atom. The maximum absolute atomic E-state index is 13.4. The molecule has 5 nitrogen and oxygen atoms in total. The molecule has 2 amide bonds. The van der Waals surface area contributed by atoms with Gasteiger partial charge >= 0.3 is 0 Å². The molecule has 1 aliphatic carbocycles. The van der Waals surface area contributed by atoms with Crippen LogP contribution < -0.4 is 0 Å². The molecule has 1 aromatic rings. The Bertz CT molecular complexity index is 634. The summed E-state index contributed by atoms with van der Waals surface area (Å²) in [6.07, 6.45) is 6.69. The van der Waals surface area contributed by atoms with Crippen LogP contribution in [0, 0.1) is 0 Å². The lowest BCUT2D eigenvalue weighted by Gasteiger charge is -2.42. The Morgan fingerprint density at radius 2 is 1.70 bits per heavy atom. The molecule has 1 saturated carbocycles. The third kappa shape index (κ3) is 4.03. The van der Waals surface area contributed by atoms with Gasteiger partial charge in [-0.3, -0.25) is 14.5 Å². The predicted octanol–water partition coefficient (Wildman–Crippen LogP) is 3.84. The van der Waals surface area contributed by atoms with E-state index >= 15 is 0 Å². The number of nitrogens with zero attached hydrogens (tertiary/aromatic N) is 2. The van der Waals surface area contributed by atoms with Crippen LogP contribution in [-0.2, 0) is 9.53 Å². The summed E-state index contributed by atoms with van der Waals surface area (Å²) in [6, 6.07) is 8.78. The van der Waals surface area contributed by atoms with Gasteiger partial charge in [0, 0.05) is 18.7 Å². The fourth-order valence-electron chi connectivity index (χ4n) is 4.46. The van der Waals surface area contributed by atoms with Gasteiger partial charge < -0.3 is 9.64 Å². The first-order valence-electron chi connectivity index (χ1n) is 10.4. The third-order valence-corrected chi connectivity index (χ3v) is 5.72. The summed E-state index contributed by atoms with van der Waals surface area (Å²) in [7, 11) is 0. The van der Waals surface area contributed by atoms with Gasteiger partial charge in [0.1, 0.15) is 11.8 Å². The highest BCUT2D eigenvalue weighted by molar-refractivity contribution is 5.98. The van der Waals surface area contributed by atoms with Crippen LogP contribution in [0.3, 0.4) is 0 Å². The number of carbonyl (C=O) groups excluding carboxylic acids is 2. The normalized spacial score (nSPS) is 21.4. The summed E-state index contributed by atoms with van der Waals surface area (Å²) in [5.74, 6) is -0.0493. The molecule has 1 spiro atoms. The molecular formula is C22H32N2O3. The van der Waals surface area contributed by atoms with Crippen LogP contribution in [0.2, 0.25) is 0 Å². The first-order valence-corrected chi connectivity index (χ1v) is 10.4. The monoisotopic (exact) mass is 372 g/mol. The van der Waals surface area contributed by atoms with Crippen LogP contribution in [0.4, 0.5) is 0 Å². The molecule has 2 fully saturated rings. The average molecular weight is 373 g/mol. The fourth-order valence-corrected chi connectivity index (χ4v) is 4.46. The van der Waals surface area contributed by atoms with Gasteiger partial charge in [0.15, 0.2) is 0 Å². The van der Waals surface area contributed by atoms with Crippen LogP contribution in [0.25, 0.3) is 0 Å². The number of benzene rings is 1. The fraction of sp³-hybridized carbons (Fsp3) is 0.636. The summed E-state index contributed by atoms with van der Waals surface area (Å²) in [6.45, 7) is 5.92. The molecule has 148 valence electrons. The molecule has 1 aliphatic heterocycles. The molecule has 1 aromatic carbocycles. The van der Waals surface area contributed by atoms with Crippen LogP contribution in [0.1, 0.15) is 69.2 Å². The lowest BCUT2D eigenvalue weighted by atomic mass is 9.89. The largest absolute Gasteiger partial charge is 0.353 e. The molecule has 1 atom stereocenters. The third-order valence-electron chi connectivity index (χ3n) is 5.72. The number of amides is 2. The van der Waals surface area contributed by atoms with Crippen molar-refractivity contribution >= 4 is 11.8 Å². The predicted molar refractivity (Wildman–Crippen MR) is 105 cm³/mol. The number of hydrogen-bond donors (Lipinski definition) is 0. The zero-order valence-electron chi connectivity index (χ0n) is 16.7. The molecule has 2 aliphatic rings. The SMILES string of the molecule is CCCN(CCC)C(=O)[C@@H]1COC2(CCCCC2)N1C(=O)c1ccccc1. The highest BCUT2D eigenvalue weighted by Gasteiger charge is 2.53. The highest BCUT2D eigenvalue weighted by atomic mass is 16.5. The minimum absolute atomic E-state index is 0.0328. The van der Waals surface area contributed by atoms with Crippen LogP contribution in [0.15, 0.2) is 30.3 Å². The molecular weight excluding hydrogens is 340 g/mol. The van der Waals surface area contributed by atoms with Crippen molar-refractivity contribution in [3.8, 4) is 0 Å². The number of ether oxygens (including phenoxy) is 1. The van der Waals surface area contributed by atoms with Gasteiger partial charge in [-0.2, -0.15) is 0 Å². The molecule has 5 heteroatoms. The van der Waals surface area contributed by atoms with E-state index in [-0.39, 0.29) is 11.8 Å². The van der Waals surface area contributed by atoms with Gasteiger partial charge in [-0.05, 0) is 50.7 Å². The number of rotatable bonds is 6. The van der Waals surface area contributed by atoms with Gasteiger partial charge in [0.25, 0.3) is 5.91 Å². The second-order valence-electron chi connectivity index (χ2n) is 7.70. The van der Waals surface area contributed by atoms with Gasteiger partial charge in [0.2, 0.25) is 5.91 Å². The molecule has 3 rings (SSSR count). The van der Waals surface area contributed by atoms with Crippen molar-refractivity contribution in [3.63, 3.8) is 0 Å². The standard InChI is InChI=1S/C22H32N2O3/c1-3-15-23(16-4-2)21(26)19-17-27-22(13-9-6-10-14-22)24(19)20(25)18-11-7-5-8-12-18/h5,7-8,11-12,19H,3-4,6,9-10,13-17H2,1-2H3/t19-/m0/s1. The van der Waals surface area contributed by atoms with Gasteiger partial charge in [-0.25, -0.2) is 0 Å². The summed E-state index contributed by atoms with van der Waals surface area (Å²) in [5.41, 5.74) is 0.0126. The van der Waals surface area contributed by atoms with E-state index in [1.165, 1.54) is 0 Å². The smallest absolute Gasteiger partial charge is 0.256 e. The van der Waals surface area contributed by atoms with E-state index in [1.54, 1.807) is 4.90 Å². The summed E-state index contributed by atoms with van der Waals surface area (Å²) in [4.78, 5) is 30.5. The van der Waals surface area contributed by atoms with E-state index in [2.05, 4.69) is 13.8 Å². The van der Waals surface area contributed by atoms with Crippen molar-refractivity contribution in [1.29, 1.82) is 0 Å². The Balaban J connectivity index is 1.92. The maximum Gasteiger partial charge on any atom is 0.256 e. The van der Waals surface area contributed by atoms with E-state index < -0.39 is 11.8 Å². The Morgan fingerprint density at radius 3 is 2.30 bits per heavy atom. The molecule has 0 N–H and O–H groups in total. The Labute approximate surface area is 162 Å². The molecule has 0 aromatic heterocycles. The van der Waals surface area contributed by atoms with Crippen molar-refractivity contribution in [2.75, 3.05) is 19.7 Å². The summed E-state index contributed by atoms with van der Waals surface area (Å²) >= 11 is 0. The summed E-state index contributed by atoms with van der Waals surface area (Å²) in [5, 5.41) is 0. The lowest BCUT2D eigenvalue weighted by Crippen LogP contribution is -2.57. The molecule has 0 unspecified atom stereocenters. The average Bonchev–Trinajstić information content (AvgIpc) is 3.06. The molecule has 27 heavy (non-hydrogen) atoms. The Kier molecular flexibility index (Phi) is 6.53. The number of hydrogen-bond acceptors (Lipinski definition) is 3. The molecule has 1 saturated heterocycles. The van der Waals surface area contributed by atoms with E-state index in [1.807, 2.05) is 35.2 Å². The van der Waals surface area contributed by atoms with Gasteiger partial charge in [-0.1, -0.05) is 38.5 Å². The Hall–Kier alpha value is -1.88. The van der Waals surface area contributed by atoms with Crippen molar-refractivity contribution in [1.82, 2.24) is 9.80 Å². The van der Waals surface area contributed by atoms with E-state index in [9.17, 15) is 9.59 Å². The van der Waals surface area contributed by atoms with Crippen molar-refractivity contribution in [2.45, 2.75) is 70.6 Å². The first-order chi connectivity index (χ1) is 13.1. The number of carbonyl (C=O) groups is 2. The van der Waals surface area contributed by atoms with E-state index in [0.29, 0.717) is 12.2 Å². The van der Waals surface area contributed by atoms with Crippen LogP contribution in [0.5, 0.6) is 0 Å². The van der Waals surface area contributed by atoms with E-state index in [4.69, 9.17) is 4.74 Å². The van der Waals surface area contributed by atoms with Gasteiger partial charge in [0.05, 0.1) is 6.61 Å². The van der Waals surface area contributed by atoms with Crippen molar-refractivity contribution in [2.24, 2.45) is 0 Å². The summed E-state index contributed by atoms with van der Waals surface area (Å²) < 4.78 is 6.23. The second kappa shape index (κ2) is 8.87. The van der Waals surface area contributed by atoms with Crippen LogP contribution in [-0.4, -0.2) is 53.1 Å². The van der Waals surface area contributed by atoms with Gasteiger partial charge in [-0.15, -0.1) is 0 Å².